The van der Waals surface area contributed by atoms with E-state index in [2.05, 4.69) is 30.9 Å². The molecule has 24 heteroatoms. The molecule has 7 rings (SSSR count). The number of rotatable bonds is 20. The van der Waals surface area contributed by atoms with E-state index in [1.54, 1.807) is 44.7 Å². The first-order valence-corrected chi connectivity index (χ1v) is 26.3. The number of amides is 6. The van der Waals surface area contributed by atoms with Crippen LogP contribution < -0.4 is 26.6 Å². The maximum absolute atomic E-state index is 16.5. The number of benzene rings is 2. The number of allylic oxidation sites excluding steroid dienone is 2. The molecule has 2 aliphatic heterocycles. The van der Waals surface area contributed by atoms with Crippen LogP contribution in [0.25, 0.3) is 26.9 Å². The second kappa shape index (κ2) is 25.2. The Balaban J connectivity index is 0.857. The summed E-state index contributed by atoms with van der Waals surface area (Å²) in [5, 5.41) is 30.1. The van der Waals surface area contributed by atoms with Gasteiger partial charge in [-0.05, 0) is 49.0 Å². The lowest BCUT2D eigenvalue weighted by Gasteiger charge is -2.35. The average molecular weight is 1090 g/mol. The number of aliphatic hydroxyl groups excluding tert-OH is 2. The Bertz CT molecular complexity index is 2840. The van der Waals surface area contributed by atoms with Gasteiger partial charge in [-0.15, -0.1) is 11.3 Å². The number of nitrogens with one attached hydrogen (secondary N) is 3. The van der Waals surface area contributed by atoms with Crippen molar-refractivity contribution in [3.8, 4) is 10.4 Å². The molecule has 0 radical (unpaired) electrons. The third-order valence-electron chi connectivity index (χ3n) is 13.5. The number of ether oxygens (including phenoxy) is 2. The van der Waals surface area contributed by atoms with E-state index in [1.165, 1.54) is 26.8 Å². The standard InChI is InChI=1S/C52H66ClF2N11O9S/c1-29(31-10-12-32(13-11-31)45-30(2)58-28-76-45)59-48(71)37-24-33(67)26-66(37)49(72)46(52(3,4)5)60-39(69)27-75-23-22-74-21-20-63(6)40(70)14-15-57-51-61-44-34(47(62-51)64-16-18-65(19-17-64)50(56)73)25-35(53)41(43(44)55)42-36(54)8-7-9-38(42)68/h7-8,10-13,25,28-29,33,37-38,46,67-68H,9,14-24,26-27H2,1-6H3,(H2,56,73)(H,59,71)(H,60,69)(H,57,61,62)/t29-,33+,37-,38+,46+/m0/s1. The van der Waals surface area contributed by atoms with Crippen LogP contribution in [0.3, 0.4) is 0 Å². The predicted octanol–water partition coefficient (Wildman–Crippen LogP) is 4.72. The highest BCUT2D eigenvalue weighted by Crippen LogP contribution is 2.41. The number of halogens is 3. The first-order valence-electron chi connectivity index (χ1n) is 25.1. The number of likely N-dealkylation sites (N-methyl/N-ethyl adjacent to an activating group) is 1. The van der Waals surface area contributed by atoms with Gasteiger partial charge in [0.1, 0.15) is 35.9 Å². The normalized spacial score (nSPS) is 18.7. The Hall–Kier alpha value is -6.37. The van der Waals surface area contributed by atoms with E-state index in [4.69, 9.17) is 26.8 Å². The van der Waals surface area contributed by atoms with E-state index >= 15 is 8.78 Å². The zero-order chi connectivity index (χ0) is 55.0. The molecule has 0 unspecified atom stereocenters. The molecule has 0 bridgehead atoms. The van der Waals surface area contributed by atoms with Crippen LogP contribution in [0.15, 0.2) is 53.8 Å². The fourth-order valence-electron chi connectivity index (χ4n) is 9.24. The van der Waals surface area contributed by atoms with Crippen LogP contribution in [-0.4, -0.2) is 173 Å². The summed E-state index contributed by atoms with van der Waals surface area (Å²) in [7, 11) is 1.60. The van der Waals surface area contributed by atoms with E-state index < -0.39 is 65.1 Å². The predicted molar refractivity (Wildman–Crippen MR) is 284 cm³/mol. The van der Waals surface area contributed by atoms with E-state index in [1.807, 2.05) is 43.0 Å². The Morgan fingerprint density at radius 3 is 2.38 bits per heavy atom. The van der Waals surface area contributed by atoms with E-state index in [9.17, 15) is 34.2 Å². The van der Waals surface area contributed by atoms with Gasteiger partial charge in [0.25, 0.3) is 0 Å². The highest BCUT2D eigenvalue weighted by atomic mass is 35.5. The van der Waals surface area contributed by atoms with Gasteiger partial charge in [-0.25, -0.2) is 23.5 Å². The molecule has 2 aromatic heterocycles. The molecule has 7 N–H and O–H groups in total. The molecule has 3 aliphatic rings. The number of piperazine rings is 1. The SMILES string of the molecule is Cc1ncsc1-c1ccc([C@H](C)NC(=O)[C@@H]2C[C@@H](O)CN2C(=O)[C@@H](NC(=O)COCCOCCN(C)C(=O)CCNc2nc(N3CCN(C(N)=O)CC3)c3cc(Cl)c(C4=C(F)C=CC[C@H]4O)c(F)c3n2)C(C)(C)C)cc1. The van der Waals surface area contributed by atoms with Gasteiger partial charge < -0.3 is 61.0 Å². The van der Waals surface area contributed by atoms with Gasteiger partial charge >= 0.3 is 6.03 Å². The number of β-amino-alcohol motifs (C(OH)–C–C–N with tert-alkyl or cyclic N) is 1. The van der Waals surface area contributed by atoms with E-state index in [0.717, 1.165) is 27.8 Å². The van der Waals surface area contributed by atoms with Gasteiger partial charge in [0.05, 0.1) is 59.2 Å². The maximum atomic E-state index is 16.5. The number of carbonyl (C=O) groups excluding carboxylic acids is 5. The largest absolute Gasteiger partial charge is 0.391 e. The van der Waals surface area contributed by atoms with Crippen molar-refractivity contribution in [3.63, 3.8) is 0 Å². The number of thiazole rings is 1. The van der Waals surface area contributed by atoms with Crippen molar-refractivity contribution < 1.29 is 52.4 Å². The number of likely N-dealkylation sites (tertiary alicyclic amines) is 1. The Morgan fingerprint density at radius 2 is 1.72 bits per heavy atom. The molecule has 410 valence electrons. The molecule has 0 saturated carbocycles. The van der Waals surface area contributed by atoms with Gasteiger partial charge in [-0.3, -0.25) is 19.2 Å². The molecular weight excluding hydrogens is 1030 g/mol. The molecular formula is C52H66ClF2N11O9S. The molecule has 0 spiro atoms. The lowest BCUT2D eigenvalue weighted by molar-refractivity contribution is -0.144. The molecule has 4 aromatic rings. The van der Waals surface area contributed by atoms with Crippen molar-refractivity contribution in [2.75, 3.05) is 89.5 Å². The van der Waals surface area contributed by atoms with E-state index in [0.29, 0.717) is 18.9 Å². The quantitative estimate of drug-likeness (QED) is 0.0655. The van der Waals surface area contributed by atoms with Crippen LogP contribution in [0, 0.1) is 18.2 Å². The van der Waals surface area contributed by atoms with Gasteiger partial charge in [0, 0.05) is 82.2 Å². The third kappa shape index (κ3) is 13.8. The lowest BCUT2D eigenvalue weighted by atomic mass is 9.85. The maximum Gasteiger partial charge on any atom is 0.314 e. The van der Waals surface area contributed by atoms with Crippen LogP contribution >= 0.6 is 22.9 Å². The Labute approximate surface area is 448 Å². The Kier molecular flexibility index (Phi) is 19.0. The van der Waals surface area contributed by atoms with Crippen LogP contribution in [0.2, 0.25) is 5.02 Å². The summed E-state index contributed by atoms with van der Waals surface area (Å²) in [5.41, 5.74) is 8.53. The van der Waals surface area contributed by atoms with Crippen LogP contribution in [0.4, 0.5) is 25.3 Å². The number of aliphatic hydroxyl groups is 2. The summed E-state index contributed by atoms with van der Waals surface area (Å²) in [6.07, 6.45) is 0.401. The summed E-state index contributed by atoms with van der Waals surface area (Å²) >= 11 is 8.13. The van der Waals surface area contributed by atoms with Crippen molar-refractivity contribution in [2.24, 2.45) is 11.1 Å². The summed E-state index contributed by atoms with van der Waals surface area (Å²) in [4.78, 5) is 86.4. The fraction of sp³-hybridized carbons (Fsp3) is 0.500. The van der Waals surface area contributed by atoms with Gasteiger partial charge in [0.2, 0.25) is 29.6 Å². The number of aromatic nitrogens is 3. The number of nitrogens with zero attached hydrogens (tertiary/aromatic N) is 7. The number of fused-ring (bicyclic) bond motifs is 1. The lowest BCUT2D eigenvalue weighted by Crippen LogP contribution is -2.58. The molecule has 1 aliphatic carbocycles. The van der Waals surface area contributed by atoms with Crippen LogP contribution in [0.5, 0.6) is 0 Å². The number of urea groups is 1. The average Bonchev–Trinajstić information content (AvgIpc) is 4.01. The minimum Gasteiger partial charge on any atom is -0.391 e. The highest BCUT2D eigenvalue weighted by Gasteiger charge is 2.45. The minimum absolute atomic E-state index is 0.0127. The molecule has 6 amide bonds. The zero-order valence-corrected chi connectivity index (χ0v) is 45.0. The molecule has 2 saturated heterocycles. The van der Waals surface area contributed by atoms with Gasteiger partial charge in [-0.1, -0.05) is 62.7 Å². The fourth-order valence-corrected chi connectivity index (χ4v) is 10.3. The number of carbonyl (C=O) groups is 5. The molecule has 4 heterocycles. The van der Waals surface area contributed by atoms with Crippen molar-refractivity contribution in [1.82, 2.24) is 40.3 Å². The van der Waals surface area contributed by atoms with Crippen molar-refractivity contribution in [3.05, 3.63) is 81.5 Å². The second-order valence-corrected chi connectivity index (χ2v) is 21.3. The number of anilines is 2. The number of hydrogen-bond donors (Lipinski definition) is 6. The summed E-state index contributed by atoms with van der Waals surface area (Å²) in [6.45, 7) is 10.4. The van der Waals surface area contributed by atoms with Gasteiger partial charge in [-0.2, -0.15) is 4.98 Å². The summed E-state index contributed by atoms with van der Waals surface area (Å²) in [6, 6.07) is 6.29. The summed E-state index contributed by atoms with van der Waals surface area (Å²) < 4.78 is 42.8. The molecule has 20 nitrogen and oxygen atoms in total. The molecule has 2 fully saturated rings. The second-order valence-electron chi connectivity index (χ2n) is 20.1. The molecule has 76 heavy (non-hydrogen) atoms. The van der Waals surface area contributed by atoms with Crippen molar-refractivity contribution in [1.29, 1.82) is 0 Å². The van der Waals surface area contributed by atoms with Gasteiger partial charge in [0.15, 0.2) is 5.82 Å². The number of hydrogen-bond acceptors (Lipinski definition) is 15. The monoisotopic (exact) mass is 1090 g/mol. The van der Waals surface area contributed by atoms with E-state index in [-0.39, 0.29) is 123 Å². The van der Waals surface area contributed by atoms with Crippen LogP contribution in [0.1, 0.15) is 69.8 Å². The molecule has 5 atom stereocenters. The number of nitrogens with two attached hydrogens (primary N) is 1. The first kappa shape index (κ1) is 57.3. The number of primary amides is 1. The number of aryl methyl sites for hydroxylation is 1. The van der Waals surface area contributed by atoms with Crippen molar-refractivity contribution in [2.45, 2.75) is 84.2 Å². The topological polar surface area (TPSA) is 258 Å². The first-order chi connectivity index (χ1) is 36.1. The third-order valence-corrected chi connectivity index (χ3v) is 14.8. The minimum atomic E-state index is -1.34. The summed E-state index contributed by atoms with van der Waals surface area (Å²) in [5.74, 6) is -3.25. The molecule has 2 aromatic carbocycles. The highest BCUT2D eigenvalue weighted by molar-refractivity contribution is 7.13. The smallest absolute Gasteiger partial charge is 0.314 e. The zero-order valence-electron chi connectivity index (χ0n) is 43.4. The van der Waals surface area contributed by atoms with Crippen molar-refractivity contribution >= 4 is 80.8 Å². The Morgan fingerprint density at radius 1 is 1.01 bits per heavy atom. The van der Waals surface area contributed by atoms with Crippen LogP contribution in [-0.2, 0) is 28.7 Å².